The largest absolute Gasteiger partial charge is 0.508 e. The smallest absolute Gasteiger partial charge is 0.234 e. The normalized spacial score (nSPS) is 10.4. The Balaban J connectivity index is 1.90. The molecular weight excluding hydrogens is 262 g/mol. The molecule has 1 aromatic carbocycles. The van der Waals surface area contributed by atoms with E-state index in [0.29, 0.717) is 5.75 Å². The lowest BCUT2D eigenvalue weighted by Gasteiger charge is -2.05. The average Bonchev–Trinajstić information content (AvgIpc) is 2.70. The minimum Gasteiger partial charge on any atom is -0.508 e. The van der Waals surface area contributed by atoms with Gasteiger partial charge in [0.05, 0.1) is 22.8 Å². The maximum atomic E-state index is 11.8. The van der Waals surface area contributed by atoms with E-state index in [4.69, 9.17) is 5.11 Å². The van der Waals surface area contributed by atoms with Crippen LogP contribution in [0.4, 0.5) is 5.69 Å². The van der Waals surface area contributed by atoms with Crippen LogP contribution in [0.15, 0.2) is 29.2 Å². The number of benzene rings is 1. The summed E-state index contributed by atoms with van der Waals surface area (Å²) in [6.45, 7) is 3.70. The van der Waals surface area contributed by atoms with Crippen LogP contribution in [0.3, 0.4) is 0 Å². The lowest BCUT2D eigenvalue weighted by molar-refractivity contribution is -0.113. The standard InChI is InChI=1S/C13H15N3O2S/c1-8-13(9(2)16-15-8)14-12(18)7-19-11-5-3-10(17)4-6-11/h3-6,17H,7H2,1-2H3,(H,14,18)(H,15,16). The van der Waals surface area contributed by atoms with E-state index in [2.05, 4.69) is 15.5 Å². The van der Waals surface area contributed by atoms with Crippen LogP contribution in [0.2, 0.25) is 0 Å². The topological polar surface area (TPSA) is 78.0 Å². The van der Waals surface area contributed by atoms with Crippen molar-refractivity contribution in [2.24, 2.45) is 0 Å². The molecule has 0 aliphatic heterocycles. The lowest BCUT2D eigenvalue weighted by atomic mass is 10.3. The van der Waals surface area contributed by atoms with Crippen molar-refractivity contribution in [2.75, 3.05) is 11.1 Å². The van der Waals surface area contributed by atoms with Gasteiger partial charge in [0.1, 0.15) is 5.75 Å². The minimum atomic E-state index is -0.0781. The van der Waals surface area contributed by atoms with Crippen molar-refractivity contribution in [1.82, 2.24) is 10.2 Å². The fourth-order valence-electron chi connectivity index (χ4n) is 1.60. The van der Waals surface area contributed by atoms with E-state index in [-0.39, 0.29) is 11.7 Å². The van der Waals surface area contributed by atoms with Crippen molar-refractivity contribution in [2.45, 2.75) is 18.7 Å². The van der Waals surface area contributed by atoms with E-state index in [1.807, 2.05) is 13.8 Å². The Hall–Kier alpha value is -1.95. The molecule has 2 aromatic rings. The number of aryl methyl sites for hydroxylation is 2. The predicted octanol–water partition coefficient (Wildman–Crippen LogP) is 2.46. The second kappa shape index (κ2) is 5.79. The van der Waals surface area contributed by atoms with Crippen LogP contribution in [0.5, 0.6) is 5.75 Å². The number of carbonyl (C=O) groups is 1. The number of carbonyl (C=O) groups excluding carboxylic acids is 1. The molecule has 5 nitrogen and oxygen atoms in total. The third kappa shape index (κ3) is 3.51. The van der Waals surface area contributed by atoms with Gasteiger partial charge in [-0.15, -0.1) is 11.8 Å². The number of nitrogens with zero attached hydrogens (tertiary/aromatic N) is 1. The molecule has 100 valence electrons. The van der Waals surface area contributed by atoms with Crippen molar-refractivity contribution in [3.8, 4) is 5.75 Å². The van der Waals surface area contributed by atoms with Crippen LogP contribution < -0.4 is 5.32 Å². The molecule has 0 bridgehead atoms. The SMILES string of the molecule is Cc1n[nH]c(C)c1NC(=O)CSc1ccc(O)cc1. The molecule has 3 N–H and O–H groups in total. The number of amides is 1. The highest BCUT2D eigenvalue weighted by molar-refractivity contribution is 8.00. The Kier molecular flexibility index (Phi) is 4.11. The summed E-state index contributed by atoms with van der Waals surface area (Å²) in [7, 11) is 0. The second-order valence-corrected chi connectivity index (χ2v) is 5.19. The molecule has 0 saturated carbocycles. The van der Waals surface area contributed by atoms with Gasteiger partial charge in [0, 0.05) is 4.90 Å². The van der Waals surface area contributed by atoms with Crippen LogP contribution in [0.25, 0.3) is 0 Å². The number of phenolic OH excluding ortho intramolecular Hbond substituents is 1. The van der Waals surface area contributed by atoms with Crippen LogP contribution >= 0.6 is 11.8 Å². The van der Waals surface area contributed by atoms with E-state index in [1.54, 1.807) is 24.3 Å². The number of hydrogen-bond donors (Lipinski definition) is 3. The number of phenols is 1. The van der Waals surface area contributed by atoms with Gasteiger partial charge in [-0.3, -0.25) is 9.89 Å². The summed E-state index contributed by atoms with van der Waals surface area (Å²) in [6, 6.07) is 6.76. The number of nitrogens with one attached hydrogen (secondary N) is 2. The third-order valence-electron chi connectivity index (χ3n) is 2.60. The van der Waals surface area contributed by atoms with Gasteiger partial charge < -0.3 is 10.4 Å². The maximum Gasteiger partial charge on any atom is 0.234 e. The molecule has 1 aromatic heterocycles. The molecule has 1 heterocycles. The number of aromatic nitrogens is 2. The Morgan fingerprint density at radius 3 is 2.63 bits per heavy atom. The number of anilines is 1. The quantitative estimate of drug-likeness (QED) is 0.750. The number of aromatic hydroxyl groups is 1. The van der Waals surface area contributed by atoms with Crippen LogP contribution in [0.1, 0.15) is 11.4 Å². The predicted molar refractivity (Wildman–Crippen MR) is 75.5 cm³/mol. The van der Waals surface area contributed by atoms with Crippen molar-refractivity contribution >= 4 is 23.4 Å². The molecule has 0 fully saturated rings. The first kappa shape index (κ1) is 13.5. The summed E-state index contributed by atoms with van der Waals surface area (Å²) >= 11 is 1.42. The van der Waals surface area contributed by atoms with Gasteiger partial charge in [0.25, 0.3) is 0 Å². The van der Waals surface area contributed by atoms with Crippen LogP contribution in [0, 0.1) is 13.8 Å². The number of hydrogen-bond acceptors (Lipinski definition) is 4. The average molecular weight is 277 g/mol. The zero-order valence-corrected chi connectivity index (χ0v) is 11.5. The molecule has 6 heteroatoms. The molecule has 19 heavy (non-hydrogen) atoms. The first-order valence-corrected chi connectivity index (χ1v) is 6.78. The van der Waals surface area contributed by atoms with Crippen molar-refractivity contribution in [1.29, 1.82) is 0 Å². The summed E-state index contributed by atoms with van der Waals surface area (Å²) in [6.07, 6.45) is 0. The molecule has 0 aliphatic carbocycles. The molecular formula is C13H15N3O2S. The molecule has 0 aliphatic rings. The first-order chi connectivity index (χ1) is 9.06. The monoisotopic (exact) mass is 277 g/mol. The summed E-state index contributed by atoms with van der Waals surface area (Å²) < 4.78 is 0. The number of aromatic amines is 1. The van der Waals surface area contributed by atoms with E-state index in [1.165, 1.54) is 11.8 Å². The van der Waals surface area contributed by atoms with Crippen molar-refractivity contribution in [3.63, 3.8) is 0 Å². The Bertz CT molecular complexity index is 559. The highest BCUT2D eigenvalue weighted by Crippen LogP contribution is 2.21. The van der Waals surface area contributed by atoms with Gasteiger partial charge in [-0.25, -0.2) is 0 Å². The zero-order valence-electron chi connectivity index (χ0n) is 10.7. The number of thioether (sulfide) groups is 1. The Morgan fingerprint density at radius 1 is 1.37 bits per heavy atom. The van der Waals surface area contributed by atoms with Crippen LogP contribution in [-0.2, 0) is 4.79 Å². The lowest BCUT2D eigenvalue weighted by Crippen LogP contribution is -2.14. The molecule has 0 spiro atoms. The number of H-pyrrole nitrogens is 1. The van der Waals surface area contributed by atoms with E-state index < -0.39 is 0 Å². The summed E-state index contributed by atoms with van der Waals surface area (Å²) in [5.41, 5.74) is 2.37. The van der Waals surface area contributed by atoms with Gasteiger partial charge in [-0.2, -0.15) is 5.10 Å². The number of rotatable bonds is 4. The van der Waals surface area contributed by atoms with Gasteiger partial charge >= 0.3 is 0 Å². The second-order valence-electron chi connectivity index (χ2n) is 4.14. The minimum absolute atomic E-state index is 0.0781. The van der Waals surface area contributed by atoms with Crippen molar-refractivity contribution in [3.05, 3.63) is 35.7 Å². The molecule has 1 amide bonds. The molecule has 2 rings (SSSR count). The maximum absolute atomic E-state index is 11.8. The molecule has 0 saturated heterocycles. The van der Waals surface area contributed by atoms with Gasteiger partial charge in [-0.05, 0) is 38.1 Å². The van der Waals surface area contributed by atoms with E-state index in [0.717, 1.165) is 22.0 Å². The first-order valence-electron chi connectivity index (χ1n) is 5.79. The van der Waals surface area contributed by atoms with E-state index >= 15 is 0 Å². The van der Waals surface area contributed by atoms with Crippen molar-refractivity contribution < 1.29 is 9.90 Å². The third-order valence-corrected chi connectivity index (χ3v) is 3.61. The summed E-state index contributed by atoms with van der Waals surface area (Å²) in [5, 5.41) is 18.9. The van der Waals surface area contributed by atoms with Gasteiger partial charge in [0.2, 0.25) is 5.91 Å². The fourth-order valence-corrected chi connectivity index (χ4v) is 2.30. The van der Waals surface area contributed by atoms with E-state index in [9.17, 15) is 4.79 Å². The molecule has 0 unspecified atom stereocenters. The van der Waals surface area contributed by atoms with Gasteiger partial charge in [-0.1, -0.05) is 0 Å². The summed E-state index contributed by atoms with van der Waals surface area (Å²) in [5.74, 6) is 0.457. The molecule has 0 radical (unpaired) electrons. The fraction of sp³-hybridized carbons (Fsp3) is 0.231. The van der Waals surface area contributed by atoms with Crippen LogP contribution in [-0.4, -0.2) is 27.0 Å². The Labute approximate surface area is 115 Å². The highest BCUT2D eigenvalue weighted by Gasteiger charge is 2.10. The highest BCUT2D eigenvalue weighted by atomic mass is 32.2. The summed E-state index contributed by atoms with van der Waals surface area (Å²) in [4.78, 5) is 12.8. The Morgan fingerprint density at radius 2 is 2.05 bits per heavy atom. The zero-order chi connectivity index (χ0) is 13.8. The molecule has 0 atom stereocenters. The van der Waals surface area contributed by atoms with Gasteiger partial charge in [0.15, 0.2) is 0 Å².